The number of aliphatic hydroxyl groups is 5. The van der Waals surface area contributed by atoms with Crippen LogP contribution in [0.5, 0.6) is 0 Å². The van der Waals surface area contributed by atoms with Gasteiger partial charge in [0.2, 0.25) is 5.91 Å². The Morgan fingerprint density at radius 3 is 2.06 bits per heavy atom. The Morgan fingerprint density at radius 2 is 1.48 bits per heavy atom. The molecule has 2 aliphatic heterocycles. The molecule has 2 aliphatic rings. The van der Waals surface area contributed by atoms with Gasteiger partial charge in [-0.25, -0.2) is 9.36 Å². The summed E-state index contributed by atoms with van der Waals surface area (Å²) in [4.78, 5) is 34.0. The van der Waals surface area contributed by atoms with Crippen LogP contribution in [0, 0.1) is 5.92 Å². The second-order valence-corrected chi connectivity index (χ2v) is 13.5. The fraction of sp³-hybridized carbons (Fsp3) is 0.733. The van der Waals surface area contributed by atoms with Crippen molar-refractivity contribution >= 4 is 19.7 Å². The largest absolute Gasteiger partial charge is 0.479 e. The highest BCUT2D eigenvalue weighted by Gasteiger charge is 2.53. The molecular weight excluding hydrogens is 661 g/mol. The molecule has 48 heavy (non-hydrogen) atoms. The van der Waals surface area contributed by atoms with Crippen LogP contribution in [-0.4, -0.2) is 122 Å². The number of hydrogen-bond donors (Lipinski definition) is 8. The molecule has 0 aromatic carbocycles. The van der Waals surface area contributed by atoms with Gasteiger partial charge in [0.1, 0.15) is 24.4 Å². The number of ether oxygens (including phenoxy) is 4. The first-order valence-electron chi connectivity index (χ1n) is 15.4. The van der Waals surface area contributed by atoms with Gasteiger partial charge < -0.3 is 60.2 Å². The van der Waals surface area contributed by atoms with E-state index < -0.39 is 93.8 Å². The molecule has 0 aliphatic carbocycles. The quantitative estimate of drug-likeness (QED) is 0.0704. The molecule has 0 spiro atoms. The van der Waals surface area contributed by atoms with Gasteiger partial charge >= 0.3 is 13.8 Å². The molecule has 5 unspecified atom stereocenters. The Balaban J connectivity index is 2.03. The number of carboxylic acids is 1. The van der Waals surface area contributed by atoms with Crippen LogP contribution in [0.4, 0.5) is 0 Å². The number of carbonyl (C=O) groups is 2. The molecule has 0 aromatic rings. The lowest BCUT2D eigenvalue weighted by atomic mass is 9.94. The van der Waals surface area contributed by atoms with Gasteiger partial charge in [0.25, 0.3) is 0 Å². The van der Waals surface area contributed by atoms with Crippen molar-refractivity contribution in [3.8, 4) is 0 Å². The lowest BCUT2D eigenvalue weighted by Gasteiger charge is -2.45. The zero-order valence-electron chi connectivity index (χ0n) is 27.7. The van der Waals surface area contributed by atoms with E-state index in [1.807, 2.05) is 6.92 Å². The van der Waals surface area contributed by atoms with E-state index in [0.29, 0.717) is 6.42 Å². The minimum Gasteiger partial charge on any atom is -0.479 e. The second-order valence-electron chi connectivity index (χ2n) is 12.1. The lowest BCUT2D eigenvalue weighted by molar-refractivity contribution is -0.367. The molecule has 0 aromatic heterocycles. The number of amides is 1. The number of phosphoric acid groups is 1. The molecule has 2 fully saturated rings. The van der Waals surface area contributed by atoms with Crippen molar-refractivity contribution in [1.29, 1.82) is 0 Å². The summed E-state index contributed by atoms with van der Waals surface area (Å²) in [6, 6.07) is 0. The Hall–Kier alpha value is -2.09. The van der Waals surface area contributed by atoms with Gasteiger partial charge in [0.15, 0.2) is 31.1 Å². The van der Waals surface area contributed by atoms with Crippen LogP contribution in [0.25, 0.3) is 0 Å². The van der Waals surface area contributed by atoms with Crippen molar-refractivity contribution in [1.82, 2.24) is 0 Å². The van der Waals surface area contributed by atoms with E-state index in [1.54, 1.807) is 6.08 Å². The average molecular weight is 712 g/mol. The summed E-state index contributed by atoms with van der Waals surface area (Å²) >= 11 is 0. The summed E-state index contributed by atoms with van der Waals surface area (Å²) in [6.45, 7) is 8.23. The van der Waals surface area contributed by atoms with E-state index in [-0.39, 0.29) is 6.61 Å². The van der Waals surface area contributed by atoms with Gasteiger partial charge in [-0.3, -0.25) is 13.8 Å². The third-order valence-corrected chi connectivity index (χ3v) is 8.70. The smallest absolute Gasteiger partial charge is 0.474 e. The van der Waals surface area contributed by atoms with E-state index in [9.17, 15) is 49.7 Å². The lowest BCUT2D eigenvalue weighted by Crippen LogP contribution is -2.64. The van der Waals surface area contributed by atoms with Gasteiger partial charge in [0, 0.05) is 5.92 Å². The van der Waals surface area contributed by atoms with Crippen LogP contribution in [0.1, 0.15) is 60.3 Å². The van der Waals surface area contributed by atoms with Gasteiger partial charge in [-0.1, -0.05) is 41.9 Å². The Morgan fingerprint density at radius 1 is 0.875 bits per heavy atom. The van der Waals surface area contributed by atoms with Crippen LogP contribution in [0.3, 0.4) is 0 Å². The fourth-order valence-corrected chi connectivity index (χ4v) is 5.57. The van der Waals surface area contributed by atoms with E-state index in [4.69, 9.17) is 33.7 Å². The molecule has 12 atom stereocenters. The average Bonchev–Trinajstić information content (AvgIpc) is 2.99. The molecule has 276 valence electrons. The summed E-state index contributed by atoms with van der Waals surface area (Å²) in [5.74, 6) is -3.86. The summed E-state index contributed by atoms with van der Waals surface area (Å²) < 4.78 is 43.9. The maximum atomic E-state index is 12.9. The molecule has 2 saturated heterocycles. The number of allylic oxidation sites excluding steroid dienone is 5. The highest BCUT2D eigenvalue weighted by Crippen LogP contribution is 2.47. The monoisotopic (exact) mass is 711 g/mol. The molecule has 17 nitrogen and oxygen atoms in total. The Bertz CT molecular complexity index is 1210. The van der Waals surface area contributed by atoms with E-state index in [1.165, 1.54) is 18.1 Å². The number of aliphatic hydroxyl groups excluding tert-OH is 5. The highest BCUT2D eigenvalue weighted by molar-refractivity contribution is 7.47. The number of aliphatic carboxylic acids is 1. The van der Waals surface area contributed by atoms with Crippen molar-refractivity contribution in [2.75, 3.05) is 13.2 Å². The van der Waals surface area contributed by atoms with Crippen molar-refractivity contribution in [3.05, 3.63) is 34.9 Å². The zero-order valence-corrected chi connectivity index (χ0v) is 28.5. The molecule has 2 heterocycles. The number of carboxylic acid groups (broad SMARTS) is 1. The number of phosphoric ester groups is 1. The van der Waals surface area contributed by atoms with Gasteiger partial charge in [0.05, 0.1) is 19.3 Å². The molecule has 0 saturated carbocycles. The predicted molar refractivity (Wildman–Crippen MR) is 166 cm³/mol. The van der Waals surface area contributed by atoms with Crippen LogP contribution < -0.4 is 5.73 Å². The molecule has 0 bridgehead atoms. The van der Waals surface area contributed by atoms with Crippen LogP contribution >= 0.6 is 7.82 Å². The van der Waals surface area contributed by atoms with Crippen LogP contribution in [-0.2, 0) is 42.1 Å². The van der Waals surface area contributed by atoms with Crippen molar-refractivity contribution in [3.63, 3.8) is 0 Å². The number of carbonyl (C=O) groups excluding carboxylic acids is 1. The molecule has 9 N–H and O–H groups in total. The van der Waals surface area contributed by atoms with Crippen LogP contribution in [0.2, 0.25) is 0 Å². The molecule has 2 rings (SSSR count). The van der Waals surface area contributed by atoms with Crippen molar-refractivity contribution in [2.24, 2.45) is 11.7 Å². The summed E-state index contributed by atoms with van der Waals surface area (Å²) in [7, 11) is -5.29. The second kappa shape index (κ2) is 19.3. The minimum atomic E-state index is -5.29. The Labute approximate surface area is 279 Å². The van der Waals surface area contributed by atoms with Crippen molar-refractivity contribution in [2.45, 2.75) is 122 Å². The zero-order chi connectivity index (χ0) is 36.3. The topological polar surface area (TPSA) is 274 Å². The maximum Gasteiger partial charge on any atom is 0.474 e. The fourth-order valence-electron chi connectivity index (χ4n) is 4.75. The number of hydrogen-bond acceptors (Lipinski definition) is 14. The van der Waals surface area contributed by atoms with Crippen LogP contribution in [0.15, 0.2) is 34.9 Å². The molecule has 1 amide bonds. The number of primary amides is 1. The van der Waals surface area contributed by atoms with Gasteiger partial charge in [-0.05, 0) is 53.4 Å². The normalized spacial score (nSPS) is 33.5. The van der Waals surface area contributed by atoms with E-state index in [0.717, 1.165) is 24.8 Å². The Kier molecular flexibility index (Phi) is 17.0. The summed E-state index contributed by atoms with van der Waals surface area (Å²) in [6.07, 6.45) is -9.32. The third-order valence-electron chi connectivity index (χ3n) is 7.75. The maximum absolute atomic E-state index is 12.9. The minimum absolute atomic E-state index is 0.149. The predicted octanol–water partition coefficient (Wildman–Crippen LogP) is 0.359. The van der Waals surface area contributed by atoms with Gasteiger partial charge in [-0.2, -0.15) is 0 Å². The molecule has 18 heteroatoms. The highest BCUT2D eigenvalue weighted by atomic mass is 31.2. The summed E-state index contributed by atoms with van der Waals surface area (Å²) in [5, 5.41) is 60.5. The van der Waals surface area contributed by atoms with Crippen molar-refractivity contribution < 1.29 is 77.7 Å². The van der Waals surface area contributed by atoms with E-state index in [2.05, 4.69) is 32.9 Å². The third kappa shape index (κ3) is 13.0. The molecule has 0 radical (unpaired) electrons. The molecular formula is C30H50NO16P. The number of rotatable bonds is 18. The first-order valence-corrected chi connectivity index (χ1v) is 16.9. The standard InChI is InChI=1S/C30H50NO16P/c1-15(2)8-6-9-16(3)10-7-11-17(4)12-13-42-19(27(37)38)14-43-48(40,41)47-30-25(22(34)21(33)24(44-30)26(31)36)45-29-18(5)20(32)23(35)28(39)46-29/h8,10,12,18-25,28-30,32-35,39H,6-7,9,11,13-14H2,1-5H3,(H2,31,36)(H,37,38)(H,40,41)/b16-10+,17-12-/t18?,19-,20+,21+,22-,23-,24?,25?,28?,29+,30+/m0/s1. The summed E-state index contributed by atoms with van der Waals surface area (Å²) in [5.41, 5.74) is 8.67. The first-order chi connectivity index (χ1) is 22.3. The SMILES string of the molecule is CC(C)=CCC/C(C)=C/CC/C(C)=C\CO[C@@H](COP(=O)(O)O[C@H]1OC(C(N)=O)[C@H](O)[C@H](O)C1O[C@@H]1OC(O)[C@@H](O)[C@H](O)C1C)C(=O)O. The van der Waals surface area contributed by atoms with Gasteiger partial charge in [-0.15, -0.1) is 0 Å². The number of nitrogens with two attached hydrogens (primary N) is 1. The van der Waals surface area contributed by atoms with E-state index >= 15 is 0 Å². The first kappa shape index (κ1) is 42.1.